The molecule has 0 unspecified atom stereocenters. The van der Waals surface area contributed by atoms with E-state index in [9.17, 15) is 4.79 Å². The number of carbonyl (C=O) groups is 1. The van der Waals surface area contributed by atoms with Gasteiger partial charge in [-0.05, 0) is 43.3 Å². The van der Waals surface area contributed by atoms with E-state index in [0.717, 1.165) is 16.9 Å². The van der Waals surface area contributed by atoms with E-state index >= 15 is 0 Å². The fraction of sp³-hybridized carbons (Fsp3) is 0.0400. The molecule has 0 spiro atoms. The lowest BCUT2D eigenvalue weighted by Gasteiger charge is -2.13. The predicted molar refractivity (Wildman–Crippen MR) is 138 cm³/mol. The lowest BCUT2D eigenvalue weighted by molar-refractivity contribution is 0.102. The summed E-state index contributed by atoms with van der Waals surface area (Å²) in [5, 5.41) is 18.3. The van der Waals surface area contributed by atoms with Crippen molar-refractivity contribution in [2.45, 2.75) is 6.92 Å². The van der Waals surface area contributed by atoms with Gasteiger partial charge in [-0.2, -0.15) is 10.2 Å². The standard InChI is InChI=1S/C25H19Cl2N7O/c1-15-23(14-29-32-15)31-25(35)22-13-24(34(33-22)16-7-3-2-4-8-16)30-21-11-17(18(26)12-19(21)27)20-9-5-6-10-28-20/h2-14,30H,1H3,(H,29,32)(H,31,35). The van der Waals surface area contributed by atoms with Crippen LogP contribution in [-0.4, -0.2) is 30.9 Å². The van der Waals surface area contributed by atoms with Crippen LogP contribution in [-0.2, 0) is 0 Å². The summed E-state index contributed by atoms with van der Waals surface area (Å²) in [6.45, 7) is 1.82. The number of nitrogens with one attached hydrogen (secondary N) is 3. The van der Waals surface area contributed by atoms with Crippen LogP contribution in [0.15, 0.2) is 79.1 Å². The highest BCUT2D eigenvalue weighted by atomic mass is 35.5. The lowest BCUT2D eigenvalue weighted by atomic mass is 10.1. The number of aromatic nitrogens is 5. The summed E-state index contributed by atoms with van der Waals surface area (Å²) in [6, 6.07) is 20.2. The van der Waals surface area contributed by atoms with Gasteiger partial charge in [-0.3, -0.25) is 14.9 Å². The van der Waals surface area contributed by atoms with Crippen LogP contribution in [0.3, 0.4) is 0 Å². The Morgan fingerprint density at radius 2 is 1.77 bits per heavy atom. The van der Waals surface area contributed by atoms with Crippen molar-refractivity contribution >= 4 is 46.3 Å². The Labute approximate surface area is 210 Å². The fourth-order valence-electron chi connectivity index (χ4n) is 3.51. The Morgan fingerprint density at radius 1 is 0.971 bits per heavy atom. The van der Waals surface area contributed by atoms with Gasteiger partial charge in [0, 0.05) is 17.8 Å². The molecule has 5 aromatic rings. The van der Waals surface area contributed by atoms with Crippen molar-refractivity contribution in [3.05, 3.63) is 101 Å². The summed E-state index contributed by atoms with van der Waals surface area (Å²) >= 11 is 13.0. The molecule has 5 rings (SSSR count). The zero-order chi connectivity index (χ0) is 24.4. The van der Waals surface area contributed by atoms with E-state index in [1.54, 1.807) is 29.2 Å². The second-order valence-electron chi connectivity index (χ2n) is 7.68. The number of benzene rings is 2. The third-order valence-corrected chi connectivity index (χ3v) is 5.91. The van der Waals surface area contributed by atoms with Crippen LogP contribution in [0, 0.1) is 6.92 Å². The summed E-state index contributed by atoms with van der Waals surface area (Å²) in [5.41, 5.74) is 4.33. The molecule has 0 atom stereocenters. The van der Waals surface area contributed by atoms with Gasteiger partial charge in [0.15, 0.2) is 5.69 Å². The molecule has 3 N–H and O–H groups in total. The number of aromatic amines is 1. The van der Waals surface area contributed by atoms with E-state index in [-0.39, 0.29) is 11.6 Å². The SMILES string of the molecule is Cc1[nH]ncc1NC(=O)c1cc(Nc2cc(-c3ccccn3)c(Cl)cc2Cl)n(-c2ccccc2)n1. The van der Waals surface area contributed by atoms with E-state index in [1.165, 1.54) is 0 Å². The summed E-state index contributed by atoms with van der Waals surface area (Å²) in [7, 11) is 0. The maximum Gasteiger partial charge on any atom is 0.276 e. The van der Waals surface area contributed by atoms with Crippen LogP contribution in [0.4, 0.5) is 17.2 Å². The minimum atomic E-state index is -0.372. The number of carbonyl (C=O) groups excluding carboxylic acids is 1. The number of aryl methyl sites for hydroxylation is 1. The average Bonchev–Trinajstić information content (AvgIpc) is 3.48. The molecule has 8 nitrogen and oxygen atoms in total. The van der Waals surface area contributed by atoms with Crippen molar-refractivity contribution in [2.24, 2.45) is 0 Å². The fourth-order valence-corrected chi connectivity index (χ4v) is 4.04. The van der Waals surface area contributed by atoms with Crippen molar-refractivity contribution < 1.29 is 4.79 Å². The molecule has 0 aliphatic heterocycles. The lowest BCUT2D eigenvalue weighted by Crippen LogP contribution is -2.13. The third kappa shape index (κ3) is 4.75. The molecule has 10 heteroatoms. The minimum absolute atomic E-state index is 0.215. The van der Waals surface area contributed by atoms with Crippen molar-refractivity contribution in [3.8, 4) is 16.9 Å². The molecular formula is C25H19Cl2N7O. The summed E-state index contributed by atoms with van der Waals surface area (Å²) in [5.74, 6) is 0.171. The van der Waals surface area contributed by atoms with Crippen LogP contribution in [0.25, 0.3) is 16.9 Å². The summed E-state index contributed by atoms with van der Waals surface area (Å²) in [6.07, 6.45) is 3.25. The highest BCUT2D eigenvalue weighted by Crippen LogP contribution is 2.36. The van der Waals surface area contributed by atoms with Gasteiger partial charge < -0.3 is 10.6 Å². The maximum atomic E-state index is 13.0. The Kier molecular flexibility index (Phi) is 6.22. The van der Waals surface area contributed by atoms with Gasteiger partial charge in [0.05, 0.1) is 44.7 Å². The Morgan fingerprint density at radius 3 is 2.49 bits per heavy atom. The second kappa shape index (κ2) is 9.61. The van der Waals surface area contributed by atoms with Gasteiger partial charge in [0.2, 0.25) is 0 Å². The molecule has 35 heavy (non-hydrogen) atoms. The topological polar surface area (TPSA) is 101 Å². The molecule has 0 saturated heterocycles. The number of amides is 1. The van der Waals surface area contributed by atoms with Gasteiger partial charge in [-0.15, -0.1) is 0 Å². The maximum absolute atomic E-state index is 13.0. The first-order chi connectivity index (χ1) is 17.0. The number of nitrogens with zero attached hydrogens (tertiary/aromatic N) is 4. The summed E-state index contributed by atoms with van der Waals surface area (Å²) in [4.78, 5) is 17.3. The number of para-hydroxylation sites is 1. The van der Waals surface area contributed by atoms with Gasteiger partial charge in [0.1, 0.15) is 5.82 Å². The Bertz CT molecular complexity index is 1500. The number of hydrogen-bond acceptors (Lipinski definition) is 5. The number of anilines is 3. The molecule has 3 heterocycles. The molecule has 0 radical (unpaired) electrons. The highest BCUT2D eigenvalue weighted by Gasteiger charge is 2.19. The molecule has 0 fully saturated rings. The van der Waals surface area contributed by atoms with Crippen LogP contribution < -0.4 is 10.6 Å². The molecule has 3 aromatic heterocycles. The molecule has 2 aromatic carbocycles. The number of hydrogen-bond donors (Lipinski definition) is 3. The molecule has 0 aliphatic carbocycles. The molecule has 0 aliphatic rings. The quantitative estimate of drug-likeness (QED) is 0.253. The molecule has 174 valence electrons. The van der Waals surface area contributed by atoms with Crippen LogP contribution >= 0.6 is 23.2 Å². The van der Waals surface area contributed by atoms with Crippen molar-refractivity contribution in [3.63, 3.8) is 0 Å². The van der Waals surface area contributed by atoms with Crippen LogP contribution in [0.1, 0.15) is 16.2 Å². The van der Waals surface area contributed by atoms with E-state index in [0.29, 0.717) is 32.9 Å². The second-order valence-corrected chi connectivity index (χ2v) is 8.49. The van der Waals surface area contributed by atoms with Gasteiger partial charge in [-0.1, -0.05) is 47.5 Å². The van der Waals surface area contributed by atoms with Gasteiger partial charge >= 0.3 is 0 Å². The van der Waals surface area contributed by atoms with Gasteiger partial charge in [0.25, 0.3) is 5.91 Å². The molecule has 0 saturated carbocycles. The minimum Gasteiger partial charge on any atom is -0.339 e. The Balaban J connectivity index is 1.54. The Hall–Kier alpha value is -4.14. The first kappa shape index (κ1) is 22.6. The smallest absolute Gasteiger partial charge is 0.276 e. The third-order valence-electron chi connectivity index (χ3n) is 5.28. The predicted octanol–water partition coefficient (Wildman–Crippen LogP) is 6.27. The van der Waals surface area contributed by atoms with Crippen LogP contribution in [0.5, 0.6) is 0 Å². The zero-order valence-electron chi connectivity index (χ0n) is 18.5. The number of rotatable bonds is 6. The van der Waals surface area contributed by atoms with Crippen molar-refractivity contribution in [1.29, 1.82) is 0 Å². The van der Waals surface area contributed by atoms with Crippen molar-refractivity contribution in [1.82, 2.24) is 25.0 Å². The van der Waals surface area contributed by atoms with E-state index in [4.69, 9.17) is 23.2 Å². The van der Waals surface area contributed by atoms with E-state index in [2.05, 4.69) is 30.9 Å². The molecule has 1 amide bonds. The van der Waals surface area contributed by atoms with E-state index in [1.807, 2.05) is 61.5 Å². The molecular weight excluding hydrogens is 485 g/mol. The van der Waals surface area contributed by atoms with Crippen molar-refractivity contribution in [2.75, 3.05) is 10.6 Å². The number of halogens is 2. The monoisotopic (exact) mass is 503 g/mol. The number of pyridine rings is 1. The normalized spacial score (nSPS) is 10.8. The zero-order valence-corrected chi connectivity index (χ0v) is 20.0. The van der Waals surface area contributed by atoms with Gasteiger partial charge in [-0.25, -0.2) is 4.68 Å². The highest BCUT2D eigenvalue weighted by molar-refractivity contribution is 6.38. The van der Waals surface area contributed by atoms with Crippen LogP contribution in [0.2, 0.25) is 10.0 Å². The average molecular weight is 504 g/mol. The van der Waals surface area contributed by atoms with E-state index < -0.39 is 0 Å². The first-order valence-corrected chi connectivity index (χ1v) is 11.4. The molecule has 0 bridgehead atoms. The summed E-state index contributed by atoms with van der Waals surface area (Å²) < 4.78 is 1.64. The first-order valence-electron chi connectivity index (χ1n) is 10.6. The largest absolute Gasteiger partial charge is 0.339 e. The number of H-pyrrole nitrogens is 1.